The summed E-state index contributed by atoms with van der Waals surface area (Å²) in [4.78, 5) is 28.0. The molecule has 1 spiro atoms. The van der Waals surface area contributed by atoms with E-state index >= 15 is 0 Å². The molecule has 2 fully saturated rings. The molecule has 170 valence electrons. The fourth-order valence-corrected chi connectivity index (χ4v) is 8.17. The zero-order chi connectivity index (χ0) is 23.0. The van der Waals surface area contributed by atoms with Crippen LogP contribution in [0.2, 0.25) is 0 Å². The van der Waals surface area contributed by atoms with Crippen molar-refractivity contribution in [3.8, 4) is 0 Å². The fourth-order valence-electron chi connectivity index (χ4n) is 5.31. The number of thioether (sulfide) groups is 1. The summed E-state index contributed by atoms with van der Waals surface area (Å²) in [7, 11) is -3.50. The molecule has 0 heterocycles. The molecule has 0 amide bonds. The second-order valence-electron chi connectivity index (χ2n) is 10.1. The van der Waals surface area contributed by atoms with Gasteiger partial charge in [-0.3, -0.25) is 9.59 Å². The molecule has 0 bridgehead atoms. The van der Waals surface area contributed by atoms with Gasteiger partial charge in [-0.25, -0.2) is 8.42 Å². The number of sulfone groups is 1. The van der Waals surface area contributed by atoms with Crippen LogP contribution in [0.15, 0.2) is 70.5 Å². The Balaban J connectivity index is 1.61. The van der Waals surface area contributed by atoms with E-state index in [9.17, 15) is 18.0 Å². The van der Waals surface area contributed by atoms with Crippen molar-refractivity contribution < 1.29 is 18.0 Å². The minimum Gasteiger partial charge on any atom is -0.299 e. The van der Waals surface area contributed by atoms with Crippen LogP contribution in [-0.4, -0.2) is 31.5 Å². The molecule has 6 heteroatoms. The molecule has 0 N–H and O–H groups in total. The summed E-state index contributed by atoms with van der Waals surface area (Å²) >= 11 is 1.68. The Morgan fingerprint density at radius 2 is 1.38 bits per heavy atom. The molecule has 0 aliphatic heterocycles. The summed E-state index contributed by atoms with van der Waals surface area (Å²) in [5.41, 5.74) is -1.32. The highest BCUT2D eigenvalue weighted by Crippen LogP contribution is 2.54. The molecule has 0 aromatic heterocycles. The molecule has 2 aromatic carbocycles. The zero-order valence-corrected chi connectivity index (χ0v) is 20.3. The molecule has 4 nitrogen and oxygen atoms in total. The quantitative estimate of drug-likeness (QED) is 0.427. The number of carbonyl (C=O) groups is 2. The van der Waals surface area contributed by atoms with Crippen LogP contribution in [0.25, 0.3) is 0 Å². The highest BCUT2D eigenvalue weighted by atomic mass is 32.2. The first kappa shape index (κ1) is 23.2. The van der Waals surface area contributed by atoms with Gasteiger partial charge >= 0.3 is 0 Å². The largest absolute Gasteiger partial charge is 0.299 e. The van der Waals surface area contributed by atoms with E-state index in [1.807, 2.05) is 44.2 Å². The Morgan fingerprint density at radius 1 is 0.844 bits per heavy atom. The van der Waals surface area contributed by atoms with Crippen molar-refractivity contribution in [3.63, 3.8) is 0 Å². The maximum Gasteiger partial charge on any atom is 0.178 e. The molecule has 2 aliphatic rings. The molecule has 4 rings (SSSR count). The number of carbonyl (C=O) groups excluding carboxylic acids is 2. The summed E-state index contributed by atoms with van der Waals surface area (Å²) in [6, 6.07) is 18.5. The highest BCUT2D eigenvalue weighted by molar-refractivity contribution is 7.99. The van der Waals surface area contributed by atoms with Crippen LogP contribution in [0.1, 0.15) is 39.5 Å². The second kappa shape index (κ2) is 8.79. The minimum atomic E-state index is -3.50. The maximum absolute atomic E-state index is 13.3. The molecule has 0 unspecified atom stereocenters. The van der Waals surface area contributed by atoms with Gasteiger partial charge in [0.05, 0.1) is 16.1 Å². The number of Topliss-reactive ketones (excluding diaryl/α,β-unsaturated/α-hetero) is 2. The lowest BCUT2D eigenvalue weighted by atomic mass is 9.62. The average molecular weight is 471 g/mol. The maximum atomic E-state index is 13.3. The van der Waals surface area contributed by atoms with Crippen molar-refractivity contribution in [2.45, 2.75) is 49.3 Å². The molecule has 2 atom stereocenters. The third kappa shape index (κ3) is 4.72. The van der Waals surface area contributed by atoms with Crippen LogP contribution in [0, 0.1) is 22.7 Å². The van der Waals surface area contributed by atoms with Gasteiger partial charge in [0.15, 0.2) is 9.84 Å². The fraction of sp³-hybridized carbons (Fsp3) is 0.462. The van der Waals surface area contributed by atoms with Crippen molar-refractivity contribution in [1.29, 1.82) is 0 Å². The Bertz CT molecular complexity index is 1070. The summed E-state index contributed by atoms with van der Waals surface area (Å²) < 4.78 is 26.3. The van der Waals surface area contributed by atoms with E-state index < -0.39 is 15.3 Å². The second-order valence-corrected chi connectivity index (χ2v) is 13.2. The van der Waals surface area contributed by atoms with Crippen molar-refractivity contribution in [2.24, 2.45) is 22.7 Å². The summed E-state index contributed by atoms with van der Waals surface area (Å²) in [6.45, 7) is 3.93. The standard InChI is InChI=1S/C26H30O4S2/c1-25(2)15-23(27)26(24(28)16-25)13-19(17-31-21-9-5-3-6-10-21)20(14-26)18-32(29,30)22-11-7-4-8-12-22/h3-12,19-20H,13-18H2,1-2H3/t19-,20+/m1/s1. The van der Waals surface area contributed by atoms with Crippen LogP contribution in [0.5, 0.6) is 0 Å². The molecular formula is C26H30O4S2. The Labute approximate surface area is 195 Å². The van der Waals surface area contributed by atoms with E-state index in [1.165, 1.54) is 0 Å². The lowest BCUT2D eigenvalue weighted by molar-refractivity contribution is -0.148. The van der Waals surface area contributed by atoms with E-state index in [0.29, 0.717) is 36.3 Å². The van der Waals surface area contributed by atoms with E-state index in [1.54, 1.807) is 42.1 Å². The summed E-state index contributed by atoms with van der Waals surface area (Å²) in [6.07, 6.45) is 1.59. The lowest BCUT2D eigenvalue weighted by Crippen LogP contribution is -2.46. The van der Waals surface area contributed by atoms with Crippen molar-refractivity contribution >= 4 is 33.2 Å². The van der Waals surface area contributed by atoms with Crippen LogP contribution < -0.4 is 0 Å². The van der Waals surface area contributed by atoms with Crippen molar-refractivity contribution in [3.05, 3.63) is 60.7 Å². The average Bonchev–Trinajstić information content (AvgIpc) is 3.11. The van der Waals surface area contributed by atoms with Gasteiger partial charge < -0.3 is 0 Å². The highest BCUT2D eigenvalue weighted by Gasteiger charge is 2.58. The Morgan fingerprint density at radius 3 is 1.97 bits per heavy atom. The monoisotopic (exact) mass is 470 g/mol. The number of ketones is 2. The number of benzene rings is 2. The molecular weight excluding hydrogens is 440 g/mol. The van der Waals surface area contributed by atoms with E-state index in [-0.39, 0.29) is 34.6 Å². The zero-order valence-electron chi connectivity index (χ0n) is 18.6. The van der Waals surface area contributed by atoms with E-state index in [0.717, 1.165) is 4.90 Å². The first-order chi connectivity index (χ1) is 15.1. The summed E-state index contributed by atoms with van der Waals surface area (Å²) in [5, 5.41) is 0. The normalized spacial score (nSPS) is 24.7. The van der Waals surface area contributed by atoms with Gasteiger partial charge in [0.2, 0.25) is 0 Å². The number of hydrogen-bond acceptors (Lipinski definition) is 5. The SMILES string of the molecule is CC1(C)CC(=O)C2(C[C@H](CSc3ccccc3)[C@H](CS(=O)(=O)c3ccccc3)C2)C(=O)C1. The molecule has 0 radical (unpaired) electrons. The van der Waals surface area contributed by atoms with Crippen LogP contribution >= 0.6 is 11.8 Å². The minimum absolute atomic E-state index is 0.00666. The lowest BCUT2D eigenvalue weighted by Gasteiger charge is -2.38. The Kier molecular flexibility index (Phi) is 6.38. The third-order valence-electron chi connectivity index (χ3n) is 6.98. The van der Waals surface area contributed by atoms with Crippen LogP contribution in [0.4, 0.5) is 0 Å². The van der Waals surface area contributed by atoms with Gasteiger partial charge in [-0.1, -0.05) is 50.2 Å². The van der Waals surface area contributed by atoms with Crippen molar-refractivity contribution in [2.75, 3.05) is 11.5 Å². The van der Waals surface area contributed by atoms with Crippen molar-refractivity contribution in [1.82, 2.24) is 0 Å². The molecule has 2 saturated carbocycles. The molecule has 0 saturated heterocycles. The van der Waals surface area contributed by atoms with Gasteiger partial charge in [0.1, 0.15) is 11.6 Å². The van der Waals surface area contributed by atoms with Crippen LogP contribution in [-0.2, 0) is 19.4 Å². The van der Waals surface area contributed by atoms with Gasteiger partial charge in [-0.05, 0) is 54.4 Å². The van der Waals surface area contributed by atoms with Crippen LogP contribution in [0.3, 0.4) is 0 Å². The predicted molar refractivity (Wildman–Crippen MR) is 127 cm³/mol. The molecule has 2 aliphatic carbocycles. The first-order valence-corrected chi connectivity index (χ1v) is 13.8. The topological polar surface area (TPSA) is 68.3 Å². The van der Waals surface area contributed by atoms with Gasteiger partial charge in [-0.15, -0.1) is 11.8 Å². The predicted octanol–water partition coefficient (Wildman–Crippen LogP) is 5.22. The van der Waals surface area contributed by atoms with Gasteiger partial charge in [-0.2, -0.15) is 0 Å². The van der Waals surface area contributed by atoms with E-state index in [2.05, 4.69) is 0 Å². The third-order valence-corrected chi connectivity index (χ3v) is 10.0. The van der Waals surface area contributed by atoms with E-state index in [4.69, 9.17) is 0 Å². The van der Waals surface area contributed by atoms with Gasteiger partial charge in [0.25, 0.3) is 0 Å². The summed E-state index contributed by atoms with van der Waals surface area (Å²) in [5.74, 6) is 0.465. The number of hydrogen-bond donors (Lipinski definition) is 0. The Hall–Kier alpha value is -1.92. The smallest absolute Gasteiger partial charge is 0.178 e. The molecule has 2 aromatic rings. The number of rotatable bonds is 6. The molecule has 32 heavy (non-hydrogen) atoms. The first-order valence-electron chi connectivity index (χ1n) is 11.1. The van der Waals surface area contributed by atoms with Gasteiger partial charge in [0, 0.05) is 23.5 Å².